The van der Waals surface area contributed by atoms with Crippen molar-refractivity contribution < 1.29 is 14.3 Å². The zero-order valence-electron chi connectivity index (χ0n) is 12.4. The average Bonchev–Trinajstić information content (AvgIpc) is 2.93. The molecule has 3 rings (SSSR count). The van der Waals surface area contributed by atoms with E-state index >= 15 is 0 Å². The van der Waals surface area contributed by atoms with Crippen LogP contribution in [0.2, 0.25) is 0 Å². The van der Waals surface area contributed by atoms with Gasteiger partial charge in [-0.3, -0.25) is 9.48 Å². The third-order valence-electron chi connectivity index (χ3n) is 3.51. The molecule has 0 aliphatic rings. The monoisotopic (exact) mass is 296 g/mol. The standard InChI is InChI=1S/C17H16N2O3/c1-21-13-8-9-15-14(10-13)17(12-6-4-3-5-7-12)18-19(15)11-16(20)22-2/h3-10H,11H2,1-2H3. The summed E-state index contributed by atoms with van der Waals surface area (Å²) in [5.74, 6) is 0.419. The molecule has 1 heterocycles. The highest BCUT2D eigenvalue weighted by Gasteiger charge is 2.15. The minimum atomic E-state index is -0.333. The minimum Gasteiger partial charge on any atom is -0.497 e. The molecule has 0 spiro atoms. The van der Waals surface area contributed by atoms with Crippen molar-refractivity contribution in [3.63, 3.8) is 0 Å². The Bertz CT molecular complexity index is 809. The number of esters is 1. The average molecular weight is 296 g/mol. The lowest BCUT2D eigenvalue weighted by molar-refractivity contribution is -0.141. The Morgan fingerprint density at radius 1 is 1.14 bits per heavy atom. The van der Waals surface area contributed by atoms with E-state index in [1.54, 1.807) is 11.8 Å². The van der Waals surface area contributed by atoms with Gasteiger partial charge in [-0.1, -0.05) is 30.3 Å². The summed E-state index contributed by atoms with van der Waals surface area (Å²) in [6, 6.07) is 15.5. The minimum absolute atomic E-state index is 0.0756. The third kappa shape index (κ3) is 2.53. The van der Waals surface area contributed by atoms with E-state index in [1.165, 1.54) is 7.11 Å². The fraction of sp³-hybridized carbons (Fsp3) is 0.176. The normalized spacial score (nSPS) is 10.6. The molecule has 0 bridgehead atoms. The van der Waals surface area contributed by atoms with E-state index < -0.39 is 0 Å². The van der Waals surface area contributed by atoms with Gasteiger partial charge in [0, 0.05) is 10.9 Å². The van der Waals surface area contributed by atoms with E-state index in [1.807, 2.05) is 48.5 Å². The molecule has 5 nitrogen and oxygen atoms in total. The summed E-state index contributed by atoms with van der Waals surface area (Å²) in [6.07, 6.45) is 0. The first kappa shape index (κ1) is 14.1. The summed E-state index contributed by atoms with van der Waals surface area (Å²) in [7, 11) is 3.00. The van der Waals surface area contributed by atoms with Crippen LogP contribution in [0, 0.1) is 0 Å². The number of hydrogen-bond donors (Lipinski definition) is 0. The summed E-state index contributed by atoms with van der Waals surface area (Å²) in [5, 5.41) is 5.52. The zero-order chi connectivity index (χ0) is 15.5. The largest absolute Gasteiger partial charge is 0.497 e. The molecule has 22 heavy (non-hydrogen) atoms. The summed E-state index contributed by atoms with van der Waals surface area (Å²) in [5.41, 5.74) is 2.67. The van der Waals surface area contributed by atoms with E-state index in [0.717, 1.165) is 27.9 Å². The van der Waals surface area contributed by atoms with Crippen LogP contribution in [-0.4, -0.2) is 30.0 Å². The predicted molar refractivity (Wildman–Crippen MR) is 83.7 cm³/mol. The summed E-state index contributed by atoms with van der Waals surface area (Å²) >= 11 is 0. The molecule has 0 aliphatic heterocycles. The van der Waals surface area contributed by atoms with E-state index in [9.17, 15) is 4.79 Å². The molecule has 0 N–H and O–H groups in total. The number of nitrogens with zero attached hydrogens (tertiary/aromatic N) is 2. The van der Waals surface area contributed by atoms with Crippen LogP contribution >= 0.6 is 0 Å². The Morgan fingerprint density at radius 2 is 1.91 bits per heavy atom. The molecule has 3 aromatic rings. The number of carbonyl (C=O) groups excluding carboxylic acids is 1. The van der Waals surface area contributed by atoms with Gasteiger partial charge in [0.2, 0.25) is 0 Å². The topological polar surface area (TPSA) is 53.4 Å². The maximum Gasteiger partial charge on any atom is 0.327 e. The molecule has 5 heteroatoms. The van der Waals surface area contributed by atoms with Crippen molar-refractivity contribution in [2.45, 2.75) is 6.54 Å². The van der Waals surface area contributed by atoms with Crippen molar-refractivity contribution in [1.29, 1.82) is 0 Å². The van der Waals surface area contributed by atoms with Gasteiger partial charge in [0.05, 0.1) is 19.7 Å². The van der Waals surface area contributed by atoms with Gasteiger partial charge in [-0.15, -0.1) is 0 Å². The summed E-state index contributed by atoms with van der Waals surface area (Å²) in [4.78, 5) is 11.6. The second-order valence-electron chi connectivity index (χ2n) is 4.83. The Kier molecular flexibility index (Phi) is 3.78. The lowest BCUT2D eigenvalue weighted by Crippen LogP contribution is -2.12. The number of aromatic nitrogens is 2. The van der Waals surface area contributed by atoms with Crippen LogP contribution in [0.25, 0.3) is 22.2 Å². The van der Waals surface area contributed by atoms with E-state index in [2.05, 4.69) is 5.10 Å². The molecule has 112 valence electrons. The first-order valence-electron chi connectivity index (χ1n) is 6.89. The van der Waals surface area contributed by atoms with Crippen LogP contribution in [0.15, 0.2) is 48.5 Å². The Hall–Kier alpha value is -2.82. The van der Waals surface area contributed by atoms with Crippen molar-refractivity contribution >= 4 is 16.9 Å². The van der Waals surface area contributed by atoms with Gasteiger partial charge in [0.1, 0.15) is 18.0 Å². The van der Waals surface area contributed by atoms with Crippen molar-refractivity contribution in [2.24, 2.45) is 0 Å². The van der Waals surface area contributed by atoms with Gasteiger partial charge in [-0.25, -0.2) is 0 Å². The predicted octanol–water partition coefficient (Wildman–Crippen LogP) is 2.88. The van der Waals surface area contributed by atoms with E-state index in [-0.39, 0.29) is 12.5 Å². The van der Waals surface area contributed by atoms with Crippen LogP contribution in [0.4, 0.5) is 0 Å². The number of ether oxygens (including phenoxy) is 2. The molecule has 0 unspecified atom stereocenters. The quantitative estimate of drug-likeness (QED) is 0.695. The van der Waals surface area contributed by atoms with Crippen LogP contribution in [0.5, 0.6) is 5.75 Å². The van der Waals surface area contributed by atoms with Gasteiger partial charge < -0.3 is 9.47 Å². The number of rotatable bonds is 4. The Labute approximate surface area is 128 Å². The molecule has 0 fully saturated rings. The summed E-state index contributed by atoms with van der Waals surface area (Å²) in [6.45, 7) is 0.0756. The third-order valence-corrected chi connectivity index (χ3v) is 3.51. The molecular formula is C17H16N2O3. The number of fused-ring (bicyclic) bond motifs is 1. The maximum absolute atomic E-state index is 11.6. The lowest BCUT2D eigenvalue weighted by atomic mass is 10.1. The molecule has 0 saturated heterocycles. The highest BCUT2D eigenvalue weighted by molar-refractivity contribution is 5.94. The Morgan fingerprint density at radius 3 is 2.59 bits per heavy atom. The lowest BCUT2D eigenvalue weighted by Gasteiger charge is -2.02. The molecular weight excluding hydrogens is 280 g/mol. The molecule has 0 radical (unpaired) electrons. The highest BCUT2D eigenvalue weighted by Crippen LogP contribution is 2.30. The zero-order valence-corrected chi connectivity index (χ0v) is 12.4. The fourth-order valence-corrected chi connectivity index (χ4v) is 2.40. The van der Waals surface area contributed by atoms with E-state index in [0.29, 0.717) is 0 Å². The first-order valence-corrected chi connectivity index (χ1v) is 6.89. The number of hydrogen-bond acceptors (Lipinski definition) is 4. The van der Waals surface area contributed by atoms with Crippen molar-refractivity contribution in [1.82, 2.24) is 9.78 Å². The smallest absolute Gasteiger partial charge is 0.327 e. The van der Waals surface area contributed by atoms with Crippen LogP contribution in [-0.2, 0) is 16.1 Å². The number of carbonyl (C=O) groups is 1. The van der Waals surface area contributed by atoms with Crippen molar-refractivity contribution in [3.05, 3.63) is 48.5 Å². The first-order chi connectivity index (χ1) is 10.7. The SMILES string of the molecule is COC(=O)Cn1nc(-c2ccccc2)c2cc(OC)ccc21. The maximum atomic E-state index is 11.6. The van der Waals surface area contributed by atoms with Crippen LogP contribution in [0.3, 0.4) is 0 Å². The fourth-order valence-electron chi connectivity index (χ4n) is 2.40. The summed E-state index contributed by atoms with van der Waals surface area (Å²) < 4.78 is 11.7. The van der Waals surface area contributed by atoms with Gasteiger partial charge >= 0.3 is 5.97 Å². The number of benzene rings is 2. The molecule has 0 amide bonds. The van der Waals surface area contributed by atoms with Gasteiger partial charge in [-0.2, -0.15) is 5.10 Å². The molecule has 0 atom stereocenters. The molecule has 2 aromatic carbocycles. The Balaban J connectivity index is 2.19. The highest BCUT2D eigenvalue weighted by atomic mass is 16.5. The van der Waals surface area contributed by atoms with Gasteiger partial charge in [0.15, 0.2) is 0 Å². The van der Waals surface area contributed by atoms with Crippen molar-refractivity contribution in [2.75, 3.05) is 14.2 Å². The van der Waals surface area contributed by atoms with Crippen molar-refractivity contribution in [3.8, 4) is 17.0 Å². The molecule has 0 saturated carbocycles. The second-order valence-corrected chi connectivity index (χ2v) is 4.83. The van der Waals surface area contributed by atoms with Gasteiger partial charge in [-0.05, 0) is 18.2 Å². The number of methoxy groups -OCH3 is 2. The van der Waals surface area contributed by atoms with Gasteiger partial charge in [0.25, 0.3) is 0 Å². The van der Waals surface area contributed by atoms with E-state index in [4.69, 9.17) is 9.47 Å². The molecule has 1 aromatic heterocycles. The molecule has 0 aliphatic carbocycles. The van der Waals surface area contributed by atoms with Crippen LogP contribution < -0.4 is 4.74 Å². The van der Waals surface area contributed by atoms with Crippen LogP contribution in [0.1, 0.15) is 0 Å². The second kappa shape index (κ2) is 5.89.